The van der Waals surface area contributed by atoms with Crippen LogP contribution >= 0.6 is 0 Å². The Morgan fingerprint density at radius 3 is 2.82 bits per heavy atom. The summed E-state index contributed by atoms with van der Waals surface area (Å²) in [4.78, 5) is 15.8. The van der Waals surface area contributed by atoms with Crippen molar-refractivity contribution in [2.24, 2.45) is 5.92 Å². The highest BCUT2D eigenvalue weighted by atomic mass is 16.4. The molecule has 2 atom stereocenters. The highest BCUT2D eigenvalue weighted by molar-refractivity contribution is 5.71. The third-order valence-corrected chi connectivity index (χ3v) is 3.50. The molecule has 22 heavy (non-hydrogen) atoms. The van der Waals surface area contributed by atoms with E-state index in [4.69, 9.17) is 5.26 Å². The third kappa shape index (κ3) is 3.63. The number of hydrogen-bond acceptors (Lipinski definition) is 6. The molecule has 0 amide bonds. The number of aromatic nitrogens is 5. The smallest absolute Gasteiger partial charge is 0.307 e. The van der Waals surface area contributed by atoms with Crippen molar-refractivity contribution in [1.82, 2.24) is 25.6 Å². The fourth-order valence-electron chi connectivity index (χ4n) is 2.40. The number of tetrazole rings is 1. The minimum absolute atomic E-state index is 0.388. The number of pyridine rings is 1. The Bertz CT molecular complexity index is 647. The van der Waals surface area contributed by atoms with E-state index in [2.05, 4.69) is 25.6 Å². The standard InChI is InChI=1S/C14H16N6O2/c1-2-3-11(14(21)22)12(13-17-19-20-18-13)6-10-5-4-9(7-15)8-16-10/h4-5,8,11-12H,2-3,6H2,1H3,(H,21,22)(H,17,18,19,20)/t11?,12-/m0/s1. The summed E-state index contributed by atoms with van der Waals surface area (Å²) >= 11 is 0. The van der Waals surface area contributed by atoms with Gasteiger partial charge in [-0.3, -0.25) is 9.78 Å². The third-order valence-electron chi connectivity index (χ3n) is 3.50. The molecule has 0 spiro atoms. The highest BCUT2D eigenvalue weighted by Crippen LogP contribution is 2.29. The van der Waals surface area contributed by atoms with Crippen LogP contribution in [-0.4, -0.2) is 36.7 Å². The van der Waals surface area contributed by atoms with Gasteiger partial charge in [-0.05, 0) is 29.0 Å². The molecular weight excluding hydrogens is 284 g/mol. The number of rotatable bonds is 7. The number of H-pyrrole nitrogens is 1. The van der Waals surface area contributed by atoms with Gasteiger partial charge in [0, 0.05) is 24.2 Å². The minimum Gasteiger partial charge on any atom is -0.481 e. The van der Waals surface area contributed by atoms with E-state index in [0.29, 0.717) is 29.9 Å². The Balaban J connectivity index is 2.28. The average molecular weight is 300 g/mol. The van der Waals surface area contributed by atoms with E-state index in [1.54, 1.807) is 12.1 Å². The number of hydrogen-bond donors (Lipinski definition) is 2. The first-order chi connectivity index (χ1) is 10.7. The van der Waals surface area contributed by atoms with Crippen molar-refractivity contribution in [1.29, 1.82) is 5.26 Å². The van der Waals surface area contributed by atoms with Gasteiger partial charge in [0.25, 0.3) is 0 Å². The highest BCUT2D eigenvalue weighted by Gasteiger charge is 2.31. The van der Waals surface area contributed by atoms with Gasteiger partial charge in [-0.25, -0.2) is 5.10 Å². The summed E-state index contributed by atoms with van der Waals surface area (Å²) in [5.41, 5.74) is 1.16. The van der Waals surface area contributed by atoms with Crippen LogP contribution in [0.5, 0.6) is 0 Å². The summed E-state index contributed by atoms with van der Waals surface area (Å²) in [6.45, 7) is 1.94. The number of nitrogens with one attached hydrogen (secondary N) is 1. The molecule has 0 radical (unpaired) electrons. The number of aromatic amines is 1. The molecule has 2 rings (SSSR count). The van der Waals surface area contributed by atoms with Crippen molar-refractivity contribution in [3.05, 3.63) is 35.4 Å². The van der Waals surface area contributed by atoms with E-state index >= 15 is 0 Å². The normalized spacial score (nSPS) is 13.3. The maximum atomic E-state index is 11.6. The van der Waals surface area contributed by atoms with Gasteiger partial charge >= 0.3 is 5.97 Å². The monoisotopic (exact) mass is 300 g/mol. The lowest BCUT2D eigenvalue weighted by atomic mass is 9.84. The maximum Gasteiger partial charge on any atom is 0.307 e. The molecule has 2 aromatic rings. The van der Waals surface area contributed by atoms with Crippen molar-refractivity contribution >= 4 is 5.97 Å². The van der Waals surface area contributed by atoms with E-state index in [1.165, 1.54) is 6.20 Å². The number of aliphatic carboxylic acids is 1. The number of nitrogens with zero attached hydrogens (tertiary/aromatic N) is 5. The van der Waals surface area contributed by atoms with E-state index in [-0.39, 0.29) is 0 Å². The van der Waals surface area contributed by atoms with Gasteiger partial charge in [0.1, 0.15) is 6.07 Å². The minimum atomic E-state index is -0.878. The summed E-state index contributed by atoms with van der Waals surface area (Å²) in [5, 5.41) is 31.9. The first-order valence-corrected chi connectivity index (χ1v) is 6.97. The lowest BCUT2D eigenvalue weighted by Gasteiger charge is -2.20. The van der Waals surface area contributed by atoms with Gasteiger partial charge in [0.2, 0.25) is 0 Å². The molecule has 2 N–H and O–H groups in total. The fraction of sp³-hybridized carbons (Fsp3) is 0.429. The van der Waals surface area contributed by atoms with Gasteiger partial charge < -0.3 is 5.11 Å². The Labute approximate surface area is 127 Å². The molecule has 0 bridgehead atoms. The first kappa shape index (κ1) is 15.6. The van der Waals surface area contributed by atoms with Crippen molar-refractivity contribution < 1.29 is 9.90 Å². The number of carbonyl (C=O) groups is 1. The topological polar surface area (TPSA) is 128 Å². The number of nitriles is 1. The molecule has 0 saturated heterocycles. The van der Waals surface area contributed by atoms with Crippen molar-refractivity contribution in [3.8, 4) is 6.07 Å². The lowest BCUT2D eigenvalue weighted by Crippen LogP contribution is -2.25. The van der Waals surface area contributed by atoms with Gasteiger partial charge in [-0.2, -0.15) is 5.26 Å². The second kappa shape index (κ2) is 7.26. The summed E-state index contributed by atoms with van der Waals surface area (Å²) in [5.74, 6) is -1.44. The van der Waals surface area contributed by atoms with Crippen LogP contribution < -0.4 is 0 Å². The Morgan fingerprint density at radius 1 is 1.50 bits per heavy atom. The van der Waals surface area contributed by atoms with Gasteiger partial charge in [0.05, 0.1) is 11.5 Å². The zero-order valence-corrected chi connectivity index (χ0v) is 12.1. The average Bonchev–Trinajstić information content (AvgIpc) is 3.05. The van der Waals surface area contributed by atoms with Gasteiger partial charge in [-0.15, -0.1) is 5.10 Å². The van der Waals surface area contributed by atoms with Crippen LogP contribution in [0.4, 0.5) is 0 Å². The fourth-order valence-corrected chi connectivity index (χ4v) is 2.40. The number of carboxylic acid groups (broad SMARTS) is 1. The molecule has 114 valence electrons. The van der Waals surface area contributed by atoms with Crippen LogP contribution in [0.25, 0.3) is 0 Å². The maximum absolute atomic E-state index is 11.6. The van der Waals surface area contributed by atoms with E-state index in [0.717, 1.165) is 6.42 Å². The van der Waals surface area contributed by atoms with Crippen LogP contribution in [0.3, 0.4) is 0 Å². The second-order valence-corrected chi connectivity index (χ2v) is 4.98. The Morgan fingerprint density at radius 2 is 2.32 bits per heavy atom. The molecule has 0 saturated carbocycles. The number of carboxylic acids is 1. The van der Waals surface area contributed by atoms with Crippen LogP contribution in [0.1, 0.15) is 42.8 Å². The molecule has 0 aliphatic carbocycles. The zero-order valence-electron chi connectivity index (χ0n) is 12.1. The molecule has 1 unspecified atom stereocenters. The molecule has 0 aliphatic heterocycles. The molecule has 2 aromatic heterocycles. The van der Waals surface area contributed by atoms with Crippen molar-refractivity contribution in [2.45, 2.75) is 32.1 Å². The summed E-state index contributed by atoms with van der Waals surface area (Å²) in [6.07, 6.45) is 3.13. The van der Waals surface area contributed by atoms with Crippen LogP contribution in [0.15, 0.2) is 18.3 Å². The quantitative estimate of drug-likeness (QED) is 0.788. The second-order valence-electron chi connectivity index (χ2n) is 4.98. The molecule has 0 aromatic carbocycles. The van der Waals surface area contributed by atoms with Crippen molar-refractivity contribution in [2.75, 3.05) is 0 Å². The largest absolute Gasteiger partial charge is 0.481 e. The van der Waals surface area contributed by atoms with Crippen molar-refractivity contribution in [3.63, 3.8) is 0 Å². The lowest BCUT2D eigenvalue weighted by molar-refractivity contribution is -0.143. The van der Waals surface area contributed by atoms with E-state index in [1.807, 2.05) is 13.0 Å². The summed E-state index contributed by atoms with van der Waals surface area (Å²) in [7, 11) is 0. The molecule has 8 heteroatoms. The Hall–Kier alpha value is -2.82. The summed E-state index contributed by atoms with van der Waals surface area (Å²) in [6, 6.07) is 5.38. The van der Waals surface area contributed by atoms with Gasteiger partial charge in [0.15, 0.2) is 5.82 Å². The predicted octanol–water partition coefficient (Wildman–Crippen LogP) is 1.29. The molecule has 0 fully saturated rings. The first-order valence-electron chi connectivity index (χ1n) is 6.97. The zero-order chi connectivity index (χ0) is 15.9. The van der Waals surface area contributed by atoms with Gasteiger partial charge in [-0.1, -0.05) is 13.3 Å². The summed E-state index contributed by atoms with van der Waals surface area (Å²) < 4.78 is 0. The van der Waals surface area contributed by atoms with E-state index in [9.17, 15) is 9.90 Å². The van der Waals surface area contributed by atoms with Crippen LogP contribution in [0.2, 0.25) is 0 Å². The molecule has 8 nitrogen and oxygen atoms in total. The SMILES string of the molecule is CCCC(C(=O)O)[C@H](Cc1ccc(C#N)cn1)c1nnn[nH]1. The molecular formula is C14H16N6O2. The van der Waals surface area contributed by atoms with Crippen LogP contribution in [0, 0.1) is 17.2 Å². The van der Waals surface area contributed by atoms with Crippen LogP contribution in [-0.2, 0) is 11.2 Å². The Kier molecular flexibility index (Phi) is 5.14. The predicted molar refractivity (Wildman–Crippen MR) is 75.6 cm³/mol. The molecule has 0 aliphatic rings. The van der Waals surface area contributed by atoms with E-state index < -0.39 is 17.8 Å². The molecule has 2 heterocycles.